The SMILES string of the molecule is c1cc2c(nc1COc1ccc3c4c1CCCN4CCC3)NCC2. The number of pyridine rings is 1. The lowest BCUT2D eigenvalue weighted by atomic mass is 9.91. The smallest absolute Gasteiger partial charge is 0.130 e. The second kappa shape index (κ2) is 5.69. The largest absolute Gasteiger partial charge is 0.487 e. The maximum absolute atomic E-state index is 6.21. The molecular formula is C20H23N3O. The number of rotatable bonds is 3. The molecule has 0 unspecified atom stereocenters. The quantitative estimate of drug-likeness (QED) is 0.941. The molecule has 2 aromatic rings. The zero-order valence-electron chi connectivity index (χ0n) is 14.0. The fourth-order valence-electron chi connectivity index (χ4n) is 4.31. The molecule has 0 bridgehead atoms. The lowest BCUT2D eigenvalue weighted by Crippen LogP contribution is -2.34. The van der Waals surface area contributed by atoms with Crippen molar-refractivity contribution >= 4 is 11.5 Å². The summed E-state index contributed by atoms with van der Waals surface area (Å²) in [6, 6.07) is 8.72. The van der Waals surface area contributed by atoms with Crippen LogP contribution in [0, 0.1) is 0 Å². The summed E-state index contributed by atoms with van der Waals surface area (Å²) >= 11 is 0. The number of aromatic nitrogens is 1. The number of anilines is 2. The highest BCUT2D eigenvalue weighted by Gasteiger charge is 2.26. The second-order valence-corrected chi connectivity index (χ2v) is 7.02. The number of nitrogens with zero attached hydrogens (tertiary/aromatic N) is 2. The van der Waals surface area contributed by atoms with Gasteiger partial charge in [0.1, 0.15) is 18.2 Å². The molecule has 0 saturated heterocycles. The molecule has 1 aromatic heterocycles. The Balaban J connectivity index is 1.41. The summed E-state index contributed by atoms with van der Waals surface area (Å²) in [5, 5.41) is 3.34. The normalized spacial score (nSPS) is 17.9. The lowest BCUT2D eigenvalue weighted by molar-refractivity contribution is 0.297. The number of hydrogen-bond acceptors (Lipinski definition) is 4. The maximum Gasteiger partial charge on any atom is 0.130 e. The highest BCUT2D eigenvalue weighted by atomic mass is 16.5. The first-order chi connectivity index (χ1) is 11.9. The van der Waals surface area contributed by atoms with Crippen molar-refractivity contribution in [2.45, 2.75) is 38.7 Å². The minimum absolute atomic E-state index is 0.542. The molecule has 1 N–H and O–H groups in total. The van der Waals surface area contributed by atoms with Crippen LogP contribution in [0.2, 0.25) is 0 Å². The highest BCUT2D eigenvalue weighted by Crippen LogP contribution is 2.40. The fraction of sp³-hybridized carbons (Fsp3) is 0.450. The van der Waals surface area contributed by atoms with Gasteiger partial charge in [0.2, 0.25) is 0 Å². The Morgan fingerprint density at radius 2 is 1.88 bits per heavy atom. The number of hydrogen-bond donors (Lipinski definition) is 1. The zero-order chi connectivity index (χ0) is 15.9. The van der Waals surface area contributed by atoms with Crippen molar-refractivity contribution in [2.24, 2.45) is 0 Å². The Bertz CT molecular complexity index is 785. The first-order valence-corrected chi connectivity index (χ1v) is 9.14. The molecule has 4 heteroatoms. The summed E-state index contributed by atoms with van der Waals surface area (Å²) in [5.74, 6) is 2.09. The van der Waals surface area contributed by atoms with E-state index in [0.717, 1.165) is 36.6 Å². The molecule has 5 rings (SSSR count). The Kier molecular flexibility index (Phi) is 3.35. The van der Waals surface area contributed by atoms with Crippen LogP contribution in [0.3, 0.4) is 0 Å². The monoisotopic (exact) mass is 321 g/mol. The van der Waals surface area contributed by atoms with Gasteiger partial charge in [-0.3, -0.25) is 0 Å². The van der Waals surface area contributed by atoms with Gasteiger partial charge in [-0.05, 0) is 55.4 Å². The fourth-order valence-corrected chi connectivity index (χ4v) is 4.31. The standard InChI is InChI=1S/C20H23N3O/c1-3-14-6-8-18(17-4-2-12-23(11-1)19(14)17)24-13-16-7-5-15-9-10-21-20(15)22-16/h5-8H,1-4,9-13H2,(H,21,22). The van der Waals surface area contributed by atoms with Crippen LogP contribution in [0.5, 0.6) is 5.75 Å². The maximum atomic E-state index is 6.21. The van der Waals surface area contributed by atoms with Crippen molar-refractivity contribution in [2.75, 3.05) is 29.9 Å². The molecule has 0 spiro atoms. The third kappa shape index (κ3) is 2.32. The number of aryl methyl sites for hydroxylation is 1. The molecule has 4 nitrogen and oxygen atoms in total. The van der Waals surface area contributed by atoms with Crippen LogP contribution in [0.4, 0.5) is 11.5 Å². The zero-order valence-corrected chi connectivity index (χ0v) is 14.0. The Labute approximate surface area is 142 Å². The molecule has 3 aliphatic rings. The summed E-state index contributed by atoms with van der Waals surface area (Å²) < 4.78 is 6.21. The van der Waals surface area contributed by atoms with Gasteiger partial charge in [0.25, 0.3) is 0 Å². The van der Waals surface area contributed by atoms with Crippen LogP contribution in [0.25, 0.3) is 0 Å². The van der Waals surface area contributed by atoms with E-state index in [0.29, 0.717) is 6.61 Å². The van der Waals surface area contributed by atoms with E-state index in [1.54, 1.807) is 0 Å². The van der Waals surface area contributed by atoms with Crippen LogP contribution in [-0.2, 0) is 25.9 Å². The van der Waals surface area contributed by atoms with Gasteiger partial charge in [-0.2, -0.15) is 0 Å². The van der Waals surface area contributed by atoms with E-state index < -0.39 is 0 Å². The Morgan fingerprint density at radius 3 is 2.83 bits per heavy atom. The molecule has 0 aliphatic carbocycles. The molecule has 0 fully saturated rings. The first kappa shape index (κ1) is 14.1. The van der Waals surface area contributed by atoms with E-state index in [-0.39, 0.29) is 0 Å². The first-order valence-electron chi connectivity index (χ1n) is 9.14. The molecule has 0 radical (unpaired) electrons. The summed E-state index contributed by atoms with van der Waals surface area (Å²) in [4.78, 5) is 7.25. The third-order valence-corrected chi connectivity index (χ3v) is 5.47. The molecule has 124 valence electrons. The Hall–Kier alpha value is -2.23. The summed E-state index contributed by atoms with van der Waals surface area (Å²) in [6.07, 6.45) is 5.92. The molecule has 4 heterocycles. The van der Waals surface area contributed by atoms with Gasteiger partial charge in [0.05, 0.1) is 5.69 Å². The topological polar surface area (TPSA) is 37.4 Å². The van der Waals surface area contributed by atoms with Crippen LogP contribution >= 0.6 is 0 Å². The van der Waals surface area contributed by atoms with Crippen molar-refractivity contribution in [1.29, 1.82) is 0 Å². The van der Waals surface area contributed by atoms with Gasteiger partial charge in [0, 0.05) is 30.9 Å². The molecule has 0 amide bonds. The van der Waals surface area contributed by atoms with Gasteiger partial charge >= 0.3 is 0 Å². The van der Waals surface area contributed by atoms with Crippen molar-refractivity contribution in [3.63, 3.8) is 0 Å². The van der Waals surface area contributed by atoms with Crippen LogP contribution in [0.15, 0.2) is 24.3 Å². The second-order valence-electron chi connectivity index (χ2n) is 7.02. The van der Waals surface area contributed by atoms with Crippen LogP contribution < -0.4 is 15.0 Å². The Morgan fingerprint density at radius 1 is 1.00 bits per heavy atom. The predicted octanol–water partition coefficient (Wildman–Crippen LogP) is 3.33. The predicted molar refractivity (Wildman–Crippen MR) is 96.1 cm³/mol. The minimum atomic E-state index is 0.542. The van der Waals surface area contributed by atoms with Gasteiger partial charge in [0.15, 0.2) is 0 Å². The van der Waals surface area contributed by atoms with Crippen molar-refractivity contribution in [3.05, 3.63) is 46.6 Å². The number of ether oxygens (including phenoxy) is 1. The molecular weight excluding hydrogens is 298 g/mol. The van der Waals surface area contributed by atoms with Crippen molar-refractivity contribution in [3.8, 4) is 5.75 Å². The van der Waals surface area contributed by atoms with Gasteiger partial charge in [-0.15, -0.1) is 0 Å². The summed E-state index contributed by atoms with van der Waals surface area (Å²) in [7, 11) is 0. The molecule has 0 saturated carbocycles. The number of benzene rings is 1. The molecule has 24 heavy (non-hydrogen) atoms. The van der Waals surface area contributed by atoms with E-state index in [1.807, 2.05) is 0 Å². The molecule has 0 atom stereocenters. The molecule has 3 aliphatic heterocycles. The van der Waals surface area contributed by atoms with E-state index in [4.69, 9.17) is 9.72 Å². The minimum Gasteiger partial charge on any atom is -0.487 e. The lowest BCUT2D eigenvalue weighted by Gasteiger charge is -2.37. The van der Waals surface area contributed by atoms with Crippen molar-refractivity contribution < 1.29 is 4.74 Å². The average molecular weight is 321 g/mol. The summed E-state index contributed by atoms with van der Waals surface area (Å²) in [6.45, 7) is 3.93. The van der Waals surface area contributed by atoms with Crippen LogP contribution in [0.1, 0.15) is 35.2 Å². The number of nitrogens with one attached hydrogen (secondary N) is 1. The van der Waals surface area contributed by atoms with Gasteiger partial charge in [-0.25, -0.2) is 4.98 Å². The number of fused-ring (bicyclic) bond motifs is 1. The average Bonchev–Trinajstić information content (AvgIpc) is 3.09. The third-order valence-electron chi connectivity index (χ3n) is 5.47. The van der Waals surface area contributed by atoms with Crippen LogP contribution in [-0.4, -0.2) is 24.6 Å². The van der Waals surface area contributed by atoms with E-state index in [2.05, 4.69) is 34.5 Å². The molecule has 1 aromatic carbocycles. The summed E-state index contributed by atoms with van der Waals surface area (Å²) in [5.41, 5.74) is 6.70. The van der Waals surface area contributed by atoms with Gasteiger partial charge in [-0.1, -0.05) is 12.1 Å². The van der Waals surface area contributed by atoms with Gasteiger partial charge < -0.3 is 15.0 Å². The van der Waals surface area contributed by atoms with Crippen molar-refractivity contribution in [1.82, 2.24) is 4.98 Å². The highest BCUT2D eigenvalue weighted by molar-refractivity contribution is 5.67. The van der Waals surface area contributed by atoms with E-state index >= 15 is 0 Å². The van der Waals surface area contributed by atoms with E-state index in [1.165, 1.54) is 54.7 Å². The van der Waals surface area contributed by atoms with E-state index in [9.17, 15) is 0 Å².